The molecule has 1 aromatic heterocycles. The second kappa shape index (κ2) is 14.6. The van der Waals surface area contributed by atoms with Gasteiger partial charge in [-0.3, -0.25) is 32.4 Å². The fourth-order valence-electron chi connectivity index (χ4n) is 3.47. The van der Waals surface area contributed by atoms with E-state index < -0.39 is 79.6 Å². The Morgan fingerprint density at radius 3 is 2.10 bits per heavy atom. The standard InChI is InChI=1S/C17H32N2O17P4/c1-2-3-4-5-6-7-10-37(24,25)34-39(28,29)36-40(30,31)35-38(26,27)32-11-12-14(21)15(22)16(33-12)19-9-8-13(20)18-17(19)23/h8-9,12,14-16,21-22H,2-7,10-11H2,1H3,(H,24,25)(H,26,27)(H,28,29)(H,30,31)(H,18,20,23)/p-4/t12-,14?,15+,16-/m1/s1. The average molecular weight is 656 g/mol. The lowest BCUT2D eigenvalue weighted by atomic mass is 10.1. The van der Waals surface area contributed by atoms with Crippen molar-refractivity contribution in [1.82, 2.24) is 9.55 Å². The third kappa shape index (κ3) is 11.4. The minimum absolute atomic E-state index is 0.0150. The third-order valence-electron chi connectivity index (χ3n) is 5.27. The molecule has 1 aliphatic heterocycles. The maximum Gasteiger partial charge on any atom is 0.330 e. The van der Waals surface area contributed by atoms with E-state index in [1.54, 1.807) is 0 Å². The monoisotopic (exact) mass is 656 g/mol. The molecule has 0 bridgehead atoms. The van der Waals surface area contributed by atoms with Gasteiger partial charge in [0.25, 0.3) is 29.0 Å². The number of nitrogens with zero attached hydrogens (tertiary/aromatic N) is 1. The number of hydrogen-bond acceptors (Lipinski definition) is 17. The van der Waals surface area contributed by atoms with E-state index in [4.69, 9.17) is 4.74 Å². The Bertz CT molecular complexity index is 1300. The number of ether oxygens (including phenoxy) is 1. The van der Waals surface area contributed by atoms with Crippen LogP contribution in [0.2, 0.25) is 0 Å². The molecule has 0 saturated carbocycles. The summed E-state index contributed by atoms with van der Waals surface area (Å²) < 4.78 is 68.4. The summed E-state index contributed by atoms with van der Waals surface area (Å²) in [5, 5.41) is 20.2. The van der Waals surface area contributed by atoms with Crippen LogP contribution in [-0.2, 0) is 40.5 Å². The van der Waals surface area contributed by atoms with Gasteiger partial charge in [-0.05, 0) is 6.42 Å². The summed E-state index contributed by atoms with van der Waals surface area (Å²) in [6.07, 6.45) is -3.10. The van der Waals surface area contributed by atoms with Crippen LogP contribution in [0, 0.1) is 0 Å². The molecule has 1 aromatic rings. The van der Waals surface area contributed by atoms with Gasteiger partial charge in [0.05, 0.1) is 6.61 Å². The van der Waals surface area contributed by atoms with Crippen LogP contribution in [-0.4, -0.2) is 50.8 Å². The molecule has 0 radical (unpaired) electrons. The van der Waals surface area contributed by atoms with Gasteiger partial charge in [-0.1, -0.05) is 39.0 Å². The molecule has 2 rings (SSSR count). The molecule has 8 atom stereocenters. The summed E-state index contributed by atoms with van der Waals surface area (Å²) in [5.74, 6) is 0. The molecule has 232 valence electrons. The van der Waals surface area contributed by atoms with E-state index in [-0.39, 0.29) is 6.42 Å². The van der Waals surface area contributed by atoms with Crippen LogP contribution < -0.4 is 30.8 Å². The van der Waals surface area contributed by atoms with Gasteiger partial charge >= 0.3 is 5.69 Å². The van der Waals surface area contributed by atoms with Crippen LogP contribution in [0.15, 0.2) is 21.9 Å². The smallest absolute Gasteiger partial charge is 0.330 e. The van der Waals surface area contributed by atoms with Crippen molar-refractivity contribution in [3.05, 3.63) is 33.1 Å². The summed E-state index contributed by atoms with van der Waals surface area (Å²) in [5.41, 5.74) is -1.83. The van der Waals surface area contributed by atoms with Crippen molar-refractivity contribution in [2.24, 2.45) is 0 Å². The topological polar surface area (TPSA) is 302 Å². The van der Waals surface area contributed by atoms with Gasteiger partial charge in [0.15, 0.2) is 6.23 Å². The lowest BCUT2D eigenvalue weighted by molar-refractivity contribution is -0.251. The Hall–Kier alpha value is -0.840. The van der Waals surface area contributed by atoms with E-state index in [1.165, 1.54) is 0 Å². The molecule has 3 N–H and O–H groups in total. The number of phosphoric ester groups is 1. The molecule has 0 amide bonds. The Morgan fingerprint density at radius 1 is 0.900 bits per heavy atom. The Morgan fingerprint density at radius 2 is 1.48 bits per heavy atom. The van der Waals surface area contributed by atoms with Crippen molar-refractivity contribution < 1.29 is 70.2 Å². The predicted octanol–water partition coefficient (Wildman–Crippen LogP) is -1.46. The highest BCUT2D eigenvalue weighted by Gasteiger charge is 2.44. The van der Waals surface area contributed by atoms with Crippen LogP contribution in [0.5, 0.6) is 0 Å². The molecule has 5 unspecified atom stereocenters. The SMILES string of the molecule is CCCCCCCCP(=O)([O-])OP(=O)([O-])OP(=O)([O-])OP(=O)([O-])OC[C@H]1O[C@@H](n2ccc(=O)[nH]c2=O)[C@@H](O)C1O. The zero-order chi connectivity index (χ0) is 30.4. The van der Waals surface area contributed by atoms with Crippen molar-refractivity contribution in [1.29, 1.82) is 0 Å². The number of H-pyrrole nitrogens is 1. The number of aromatic nitrogens is 2. The molecule has 40 heavy (non-hydrogen) atoms. The molecule has 23 heteroatoms. The van der Waals surface area contributed by atoms with Crippen LogP contribution in [0.4, 0.5) is 0 Å². The van der Waals surface area contributed by atoms with Crippen LogP contribution in [0.1, 0.15) is 51.7 Å². The highest BCUT2D eigenvalue weighted by atomic mass is 31.3. The molecular formula is C17H28N2O17P4-4. The van der Waals surface area contributed by atoms with Gasteiger partial charge in [-0.15, -0.1) is 0 Å². The molecule has 0 aromatic carbocycles. The summed E-state index contributed by atoms with van der Waals surface area (Å²) in [4.78, 5) is 72.3. The van der Waals surface area contributed by atoms with Crippen molar-refractivity contribution in [2.45, 2.75) is 70.0 Å². The molecule has 19 nitrogen and oxygen atoms in total. The first-order valence-corrected chi connectivity index (χ1v) is 17.8. The maximum absolute atomic E-state index is 11.9. The fraction of sp³-hybridized carbons (Fsp3) is 0.765. The van der Waals surface area contributed by atoms with Gasteiger partial charge in [0.2, 0.25) is 0 Å². The van der Waals surface area contributed by atoms with E-state index in [0.29, 0.717) is 17.4 Å². The lowest BCUT2D eigenvalue weighted by Gasteiger charge is -2.36. The van der Waals surface area contributed by atoms with Gasteiger partial charge in [0, 0.05) is 18.4 Å². The Balaban J connectivity index is 1.92. The number of aliphatic hydroxyl groups is 2. The quantitative estimate of drug-likeness (QED) is 0.127. The van der Waals surface area contributed by atoms with E-state index in [1.807, 2.05) is 11.9 Å². The Labute approximate surface area is 227 Å². The average Bonchev–Trinajstić information content (AvgIpc) is 3.06. The first-order valence-electron chi connectivity index (χ1n) is 11.7. The predicted molar refractivity (Wildman–Crippen MR) is 125 cm³/mol. The highest BCUT2D eigenvalue weighted by molar-refractivity contribution is 7.69. The Kier molecular flexibility index (Phi) is 12.9. The first kappa shape index (κ1) is 35.4. The van der Waals surface area contributed by atoms with Gasteiger partial charge < -0.3 is 43.6 Å². The molecule has 1 fully saturated rings. The van der Waals surface area contributed by atoms with Crippen molar-refractivity contribution in [3.8, 4) is 0 Å². The number of unbranched alkanes of at least 4 members (excludes halogenated alkanes) is 5. The third-order valence-corrected chi connectivity index (χ3v) is 11.6. The number of phosphoric acid groups is 3. The molecule has 0 spiro atoms. The normalized spacial score (nSPS) is 27.4. The number of hydrogen-bond donors (Lipinski definition) is 3. The van der Waals surface area contributed by atoms with Crippen LogP contribution in [0.25, 0.3) is 0 Å². The lowest BCUT2D eigenvalue weighted by Crippen LogP contribution is -2.37. The van der Waals surface area contributed by atoms with E-state index in [2.05, 4.69) is 17.5 Å². The van der Waals surface area contributed by atoms with Crippen LogP contribution in [0.3, 0.4) is 0 Å². The maximum atomic E-state index is 11.9. The van der Waals surface area contributed by atoms with E-state index >= 15 is 0 Å². The van der Waals surface area contributed by atoms with E-state index in [9.17, 15) is 57.6 Å². The molecule has 1 saturated heterocycles. The molecular weight excluding hydrogens is 628 g/mol. The first-order chi connectivity index (χ1) is 18.4. The summed E-state index contributed by atoms with van der Waals surface area (Å²) in [6, 6.07) is 0.887. The fourth-order valence-corrected chi connectivity index (χ4v) is 8.88. The van der Waals surface area contributed by atoms with E-state index in [0.717, 1.165) is 31.5 Å². The van der Waals surface area contributed by atoms with Gasteiger partial charge in [-0.25, -0.2) is 13.4 Å². The molecule has 0 aliphatic carbocycles. The zero-order valence-corrected chi connectivity index (χ0v) is 24.5. The van der Waals surface area contributed by atoms with Crippen molar-refractivity contribution >= 4 is 31.1 Å². The largest absolute Gasteiger partial charge is 0.778 e. The number of aromatic amines is 1. The second-order valence-corrected chi connectivity index (χ2v) is 15.1. The second-order valence-electron chi connectivity index (χ2n) is 8.55. The molecule has 1 aliphatic rings. The number of aliphatic hydroxyl groups excluding tert-OH is 2. The van der Waals surface area contributed by atoms with Gasteiger partial charge in [0.1, 0.15) is 25.9 Å². The van der Waals surface area contributed by atoms with Gasteiger partial charge in [-0.2, -0.15) is 0 Å². The summed E-state index contributed by atoms with van der Waals surface area (Å²) in [7, 11) is -23.7. The highest BCUT2D eigenvalue weighted by Crippen LogP contribution is 2.66. The zero-order valence-electron chi connectivity index (χ0n) is 20.9. The minimum atomic E-state index is -6.37. The van der Waals surface area contributed by atoms with Crippen molar-refractivity contribution in [3.63, 3.8) is 0 Å². The molecule has 2 heterocycles. The van der Waals surface area contributed by atoms with Crippen molar-refractivity contribution in [2.75, 3.05) is 12.8 Å². The number of nitrogens with one attached hydrogen (secondary N) is 1. The summed E-state index contributed by atoms with van der Waals surface area (Å²) in [6.45, 7) is 0.756. The minimum Gasteiger partial charge on any atom is -0.778 e. The number of rotatable bonds is 17. The van der Waals surface area contributed by atoms with Crippen LogP contribution >= 0.6 is 31.1 Å². The summed E-state index contributed by atoms with van der Waals surface area (Å²) >= 11 is 0.